The van der Waals surface area contributed by atoms with Gasteiger partial charge >= 0.3 is 0 Å². The number of rotatable bonds is 8. The van der Waals surface area contributed by atoms with Crippen LogP contribution in [0.4, 0.5) is 0 Å². The van der Waals surface area contributed by atoms with Crippen molar-refractivity contribution in [3.63, 3.8) is 0 Å². The fourth-order valence-corrected chi connectivity index (χ4v) is 4.37. The maximum absolute atomic E-state index is 13.4. The zero-order valence-corrected chi connectivity index (χ0v) is 18.6. The summed E-state index contributed by atoms with van der Waals surface area (Å²) in [7, 11) is 0. The second kappa shape index (κ2) is 10.6. The van der Waals surface area contributed by atoms with E-state index in [2.05, 4.69) is 5.32 Å². The molecule has 0 aliphatic heterocycles. The van der Waals surface area contributed by atoms with E-state index >= 15 is 0 Å². The molecule has 1 fully saturated rings. The minimum Gasteiger partial charge on any atom is -0.352 e. The minimum atomic E-state index is -0.515. The summed E-state index contributed by atoms with van der Waals surface area (Å²) < 4.78 is 0. The van der Waals surface area contributed by atoms with Gasteiger partial charge in [0.15, 0.2) is 0 Å². The summed E-state index contributed by atoms with van der Waals surface area (Å²) >= 11 is 6.38. The Balaban J connectivity index is 1.84. The Bertz CT molecular complexity index is 877. The molecule has 2 amide bonds. The molecule has 1 saturated carbocycles. The van der Waals surface area contributed by atoms with Crippen LogP contribution in [0.15, 0.2) is 48.5 Å². The number of nitrogens with one attached hydrogen (secondary N) is 1. The van der Waals surface area contributed by atoms with Crippen LogP contribution in [0.25, 0.3) is 0 Å². The molecule has 0 spiro atoms. The summed E-state index contributed by atoms with van der Waals surface area (Å²) in [5.74, 6) is -0.118. The number of halogens is 1. The lowest BCUT2D eigenvalue weighted by Crippen LogP contribution is -2.51. The van der Waals surface area contributed by atoms with Crippen molar-refractivity contribution < 1.29 is 9.59 Å². The smallest absolute Gasteiger partial charge is 0.243 e. The normalized spacial score (nSPS) is 15.0. The molecule has 0 bridgehead atoms. The summed E-state index contributed by atoms with van der Waals surface area (Å²) in [5.41, 5.74) is 2.91. The zero-order valence-electron chi connectivity index (χ0n) is 17.9. The minimum absolute atomic E-state index is 0.0577. The average molecular weight is 427 g/mol. The number of hydrogen-bond acceptors (Lipinski definition) is 2. The van der Waals surface area contributed by atoms with Crippen LogP contribution in [-0.2, 0) is 22.6 Å². The SMILES string of the molecule is CCC(C(=O)NC1CCCC1)N(Cc1ccccc1Cl)C(=O)Cc1ccccc1C. The number of hydrogen-bond donors (Lipinski definition) is 1. The van der Waals surface area contributed by atoms with Gasteiger partial charge in [0.1, 0.15) is 6.04 Å². The highest BCUT2D eigenvalue weighted by molar-refractivity contribution is 6.31. The zero-order chi connectivity index (χ0) is 21.5. The van der Waals surface area contributed by atoms with E-state index in [1.165, 1.54) is 0 Å². The third kappa shape index (κ3) is 5.63. The van der Waals surface area contributed by atoms with Crippen molar-refractivity contribution in [2.75, 3.05) is 0 Å². The summed E-state index contributed by atoms with van der Waals surface area (Å²) in [6, 6.07) is 15.1. The van der Waals surface area contributed by atoms with Crippen molar-refractivity contribution in [2.24, 2.45) is 0 Å². The topological polar surface area (TPSA) is 49.4 Å². The lowest BCUT2D eigenvalue weighted by molar-refractivity contribution is -0.141. The molecule has 1 aliphatic carbocycles. The number of nitrogens with zero attached hydrogens (tertiary/aromatic N) is 1. The predicted octanol–water partition coefficient (Wildman–Crippen LogP) is 5.06. The van der Waals surface area contributed by atoms with Crippen LogP contribution in [0.2, 0.25) is 5.02 Å². The molecule has 1 N–H and O–H groups in total. The number of carbonyl (C=O) groups excluding carboxylic acids is 2. The first-order valence-electron chi connectivity index (χ1n) is 10.9. The summed E-state index contributed by atoms with van der Waals surface area (Å²) in [6.45, 7) is 4.28. The van der Waals surface area contributed by atoms with Gasteiger partial charge in [0.25, 0.3) is 0 Å². The van der Waals surface area contributed by atoms with E-state index in [1.807, 2.05) is 62.4 Å². The van der Waals surface area contributed by atoms with Gasteiger partial charge < -0.3 is 10.2 Å². The van der Waals surface area contributed by atoms with E-state index in [1.54, 1.807) is 4.90 Å². The molecular weight excluding hydrogens is 396 g/mol. The molecule has 1 aliphatic rings. The van der Waals surface area contributed by atoms with Crippen LogP contribution in [0, 0.1) is 6.92 Å². The standard InChI is InChI=1S/C25H31ClN2O2/c1-3-23(25(30)27-21-13-7-8-14-21)28(17-20-12-6-9-15-22(20)26)24(29)16-19-11-5-4-10-18(19)2/h4-6,9-12,15,21,23H,3,7-8,13-14,16-17H2,1-2H3,(H,27,30). The van der Waals surface area contributed by atoms with E-state index in [9.17, 15) is 9.59 Å². The van der Waals surface area contributed by atoms with Crippen molar-refractivity contribution >= 4 is 23.4 Å². The van der Waals surface area contributed by atoms with Crippen LogP contribution < -0.4 is 5.32 Å². The maximum atomic E-state index is 13.4. The Morgan fingerprint density at radius 2 is 1.70 bits per heavy atom. The maximum Gasteiger partial charge on any atom is 0.243 e. The first kappa shape index (κ1) is 22.4. The third-order valence-electron chi connectivity index (χ3n) is 5.99. The van der Waals surface area contributed by atoms with Gasteiger partial charge in [0, 0.05) is 17.6 Å². The summed E-state index contributed by atoms with van der Waals surface area (Å²) in [5, 5.41) is 3.78. The number of carbonyl (C=O) groups is 2. The van der Waals surface area contributed by atoms with Crippen molar-refractivity contribution in [2.45, 2.75) is 71.0 Å². The van der Waals surface area contributed by atoms with Gasteiger partial charge in [-0.3, -0.25) is 9.59 Å². The van der Waals surface area contributed by atoms with Crippen molar-refractivity contribution in [1.29, 1.82) is 0 Å². The van der Waals surface area contributed by atoms with E-state index in [0.29, 0.717) is 18.0 Å². The highest BCUT2D eigenvalue weighted by Gasteiger charge is 2.31. The first-order valence-corrected chi connectivity index (χ1v) is 11.2. The largest absolute Gasteiger partial charge is 0.352 e. The van der Waals surface area contributed by atoms with Crippen molar-refractivity contribution in [3.05, 3.63) is 70.2 Å². The average Bonchev–Trinajstić information content (AvgIpc) is 3.24. The lowest BCUT2D eigenvalue weighted by atomic mass is 10.0. The Kier molecular flexibility index (Phi) is 7.92. The van der Waals surface area contributed by atoms with E-state index in [0.717, 1.165) is 42.4 Å². The van der Waals surface area contributed by atoms with Gasteiger partial charge in [-0.05, 0) is 48.9 Å². The van der Waals surface area contributed by atoms with Gasteiger partial charge in [0.05, 0.1) is 6.42 Å². The van der Waals surface area contributed by atoms with E-state index in [-0.39, 0.29) is 24.3 Å². The molecule has 0 radical (unpaired) electrons. The molecule has 0 saturated heterocycles. The molecule has 4 nitrogen and oxygen atoms in total. The number of aryl methyl sites for hydroxylation is 1. The van der Waals surface area contributed by atoms with Crippen LogP contribution in [0.3, 0.4) is 0 Å². The monoisotopic (exact) mass is 426 g/mol. The van der Waals surface area contributed by atoms with E-state index in [4.69, 9.17) is 11.6 Å². The Morgan fingerprint density at radius 3 is 2.33 bits per heavy atom. The molecule has 1 unspecified atom stereocenters. The van der Waals surface area contributed by atoms with Gasteiger partial charge in [-0.2, -0.15) is 0 Å². The first-order chi connectivity index (χ1) is 14.5. The molecule has 2 aromatic rings. The predicted molar refractivity (Wildman–Crippen MR) is 121 cm³/mol. The van der Waals surface area contributed by atoms with Crippen LogP contribution >= 0.6 is 11.6 Å². The molecule has 2 aromatic carbocycles. The van der Waals surface area contributed by atoms with Gasteiger partial charge in [0.2, 0.25) is 11.8 Å². The Morgan fingerprint density at radius 1 is 1.07 bits per heavy atom. The Hall–Kier alpha value is -2.33. The quantitative estimate of drug-likeness (QED) is 0.641. The molecule has 3 rings (SSSR count). The van der Waals surface area contributed by atoms with Gasteiger partial charge in [-0.15, -0.1) is 0 Å². The van der Waals surface area contributed by atoms with Crippen LogP contribution in [-0.4, -0.2) is 28.8 Å². The van der Waals surface area contributed by atoms with Crippen LogP contribution in [0.1, 0.15) is 55.7 Å². The molecule has 0 heterocycles. The van der Waals surface area contributed by atoms with Crippen molar-refractivity contribution in [3.8, 4) is 0 Å². The molecular formula is C25H31ClN2O2. The summed E-state index contributed by atoms with van der Waals surface area (Å²) in [6.07, 6.45) is 5.16. The highest BCUT2D eigenvalue weighted by atomic mass is 35.5. The highest BCUT2D eigenvalue weighted by Crippen LogP contribution is 2.22. The molecule has 160 valence electrons. The molecule has 5 heteroatoms. The van der Waals surface area contributed by atoms with Gasteiger partial charge in [-0.1, -0.05) is 73.8 Å². The van der Waals surface area contributed by atoms with Gasteiger partial charge in [-0.25, -0.2) is 0 Å². The molecule has 0 aromatic heterocycles. The number of amides is 2. The fraction of sp³-hybridized carbons (Fsp3) is 0.440. The Labute approximate surface area is 184 Å². The van der Waals surface area contributed by atoms with Crippen molar-refractivity contribution in [1.82, 2.24) is 10.2 Å². The van der Waals surface area contributed by atoms with Crippen LogP contribution in [0.5, 0.6) is 0 Å². The second-order valence-electron chi connectivity index (χ2n) is 8.13. The molecule has 1 atom stereocenters. The second-order valence-corrected chi connectivity index (χ2v) is 8.54. The lowest BCUT2D eigenvalue weighted by Gasteiger charge is -2.32. The number of benzene rings is 2. The fourth-order valence-electron chi connectivity index (χ4n) is 4.17. The third-order valence-corrected chi connectivity index (χ3v) is 6.36. The van der Waals surface area contributed by atoms with E-state index < -0.39 is 6.04 Å². The summed E-state index contributed by atoms with van der Waals surface area (Å²) in [4.78, 5) is 28.3. The molecule has 30 heavy (non-hydrogen) atoms.